The fourth-order valence-corrected chi connectivity index (χ4v) is 3.67. The Bertz CT molecular complexity index is 842. The van der Waals surface area contributed by atoms with Crippen LogP contribution in [-0.4, -0.2) is 52.6 Å². The lowest BCUT2D eigenvalue weighted by Crippen LogP contribution is -2.44. The molecule has 0 saturated heterocycles. The molecule has 0 aliphatic carbocycles. The summed E-state index contributed by atoms with van der Waals surface area (Å²) < 4.78 is 0. The molecule has 0 aliphatic rings. The van der Waals surface area contributed by atoms with Gasteiger partial charge in [0.05, 0.1) is 12.1 Å². The summed E-state index contributed by atoms with van der Waals surface area (Å²) in [5.41, 5.74) is 3.90. The molecule has 2 aromatic rings. The van der Waals surface area contributed by atoms with E-state index in [-0.39, 0.29) is 5.56 Å². The molecule has 0 spiro atoms. The van der Waals surface area contributed by atoms with Crippen LogP contribution >= 0.6 is 12.2 Å². The van der Waals surface area contributed by atoms with Crippen LogP contribution in [0, 0.1) is 13.8 Å². The Hall–Kier alpha value is -1.92. The van der Waals surface area contributed by atoms with Crippen molar-refractivity contribution in [2.24, 2.45) is 0 Å². The van der Waals surface area contributed by atoms with Gasteiger partial charge in [0.15, 0.2) is 5.11 Å². The molecule has 1 heterocycles. The van der Waals surface area contributed by atoms with Crippen LogP contribution in [0.25, 0.3) is 10.9 Å². The van der Waals surface area contributed by atoms with Crippen molar-refractivity contribution in [1.82, 2.24) is 20.1 Å². The molecular formula is C21H32N4OS. The Morgan fingerprint density at radius 1 is 1.11 bits per heavy atom. The summed E-state index contributed by atoms with van der Waals surface area (Å²) in [5.74, 6) is 0. The van der Waals surface area contributed by atoms with Crippen molar-refractivity contribution in [2.45, 2.75) is 41.2 Å². The number of H-pyrrole nitrogens is 1. The van der Waals surface area contributed by atoms with Gasteiger partial charge in [-0.25, -0.2) is 0 Å². The van der Waals surface area contributed by atoms with Crippen molar-refractivity contribution >= 4 is 28.2 Å². The summed E-state index contributed by atoms with van der Waals surface area (Å²) in [5, 5.41) is 5.00. The number of pyridine rings is 1. The number of hydrogen-bond acceptors (Lipinski definition) is 3. The third kappa shape index (κ3) is 5.53. The molecular weight excluding hydrogens is 356 g/mol. The fraction of sp³-hybridized carbons (Fsp3) is 0.524. The van der Waals surface area contributed by atoms with E-state index >= 15 is 0 Å². The minimum Gasteiger partial charge on any atom is -0.363 e. The molecule has 148 valence electrons. The number of fused-ring (bicyclic) bond motifs is 1. The predicted octanol–water partition coefficient (Wildman–Crippen LogP) is 3.18. The van der Waals surface area contributed by atoms with E-state index < -0.39 is 0 Å². The number of nitrogens with one attached hydrogen (secondary N) is 2. The molecule has 0 amide bonds. The minimum absolute atomic E-state index is 0.0402. The molecule has 0 saturated carbocycles. The standard InChI is InChI=1S/C21H32N4OS/c1-6-22-21(27)25(10-9-24(7-2)8-3)14-18-13-17-12-15(4)11-16(5)19(17)23-20(18)26/h11-13H,6-10,14H2,1-5H3,(H,22,27)(H,23,26). The second kappa shape index (κ2) is 9.85. The molecule has 1 aromatic carbocycles. The van der Waals surface area contributed by atoms with Crippen molar-refractivity contribution in [3.63, 3.8) is 0 Å². The summed E-state index contributed by atoms with van der Waals surface area (Å²) in [6, 6.07) is 6.21. The minimum atomic E-state index is -0.0402. The quantitative estimate of drug-likeness (QED) is 0.680. The lowest BCUT2D eigenvalue weighted by atomic mass is 10.1. The highest BCUT2D eigenvalue weighted by Crippen LogP contribution is 2.18. The molecule has 0 fully saturated rings. The zero-order valence-electron chi connectivity index (χ0n) is 17.2. The highest BCUT2D eigenvalue weighted by Gasteiger charge is 2.14. The molecule has 27 heavy (non-hydrogen) atoms. The topological polar surface area (TPSA) is 51.4 Å². The predicted molar refractivity (Wildman–Crippen MR) is 119 cm³/mol. The van der Waals surface area contributed by atoms with Gasteiger partial charge in [0.2, 0.25) is 0 Å². The maximum Gasteiger partial charge on any atom is 0.253 e. The van der Waals surface area contributed by atoms with E-state index in [0.29, 0.717) is 11.7 Å². The van der Waals surface area contributed by atoms with E-state index in [9.17, 15) is 4.79 Å². The molecule has 0 aliphatic heterocycles. The maximum absolute atomic E-state index is 12.7. The number of aromatic nitrogens is 1. The molecule has 2 N–H and O–H groups in total. The molecule has 6 heteroatoms. The largest absolute Gasteiger partial charge is 0.363 e. The van der Waals surface area contributed by atoms with E-state index in [0.717, 1.165) is 54.8 Å². The number of benzene rings is 1. The smallest absolute Gasteiger partial charge is 0.253 e. The van der Waals surface area contributed by atoms with Crippen LogP contribution in [-0.2, 0) is 6.54 Å². The number of nitrogens with zero attached hydrogens (tertiary/aromatic N) is 2. The van der Waals surface area contributed by atoms with Gasteiger partial charge in [-0.3, -0.25) is 4.79 Å². The van der Waals surface area contributed by atoms with Crippen molar-refractivity contribution in [2.75, 3.05) is 32.7 Å². The monoisotopic (exact) mass is 388 g/mol. The van der Waals surface area contributed by atoms with Crippen LogP contribution in [0.2, 0.25) is 0 Å². The number of likely N-dealkylation sites (N-methyl/N-ethyl adjacent to an activating group) is 1. The summed E-state index contributed by atoms with van der Waals surface area (Å²) in [6.07, 6.45) is 0. The molecule has 0 bridgehead atoms. The fourth-order valence-electron chi connectivity index (χ4n) is 3.37. The summed E-state index contributed by atoms with van der Waals surface area (Å²) >= 11 is 5.56. The first kappa shape index (κ1) is 21.4. The van der Waals surface area contributed by atoms with Gasteiger partial charge in [0.25, 0.3) is 5.56 Å². The van der Waals surface area contributed by atoms with Gasteiger partial charge in [-0.1, -0.05) is 25.5 Å². The van der Waals surface area contributed by atoms with Crippen LogP contribution in [0.3, 0.4) is 0 Å². The van der Waals surface area contributed by atoms with Gasteiger partial charge in [-0.2, -0.15) is 0 Å². The van der Waals surface area contributed by atoms with Crippen LogP contribution in [0.1, 0.15) is 37.5 Å². The van der Waals surface area contributed by atoms with Crippen molar-refractivity contribution in [3.05, 3.63) is 45.2 Å². The second-order valence-corrected chi connectivity index (χ2v) is 7.34. The highest BCUT2D eigenvalue weighted by atomic mass is 32.1. The van der Waals surface area contributed by atoms with E-state index in [4.69, 9.17) is 12.2 Å². The second-order valence-electron chi connectivity index (χ2n) is 6.95. The van der Waals surface area contributed by atoms with Crippen molar-refractivity contribution in [1.29, 1.82) is 0 Å². The highest BCUT2D eigenvalue weighted by molar-refractivity contribution is 7.80. The first-order valence-electron chi connectivity index (χ1n) is 9.77. The molecule has 1 aromatic heterocycles. The third-order valence-corrected chi connectivity index (χ3v) is 5.33. The Kier molecular flexibility index (Phi) is 7.80. The summed E-state index contributed by atoms with van der Waals surface area (Å²) in [4.78, 5) is 20.2. The summed E-state index contributed by atoms with van der Waals surface area (Å²) in [6.45, 7) is 15.5. The Labute approximate surface area is 167 Å². The van der Waals surface area contributed by atoms with Gasteiger partial charge in [0.1, 0.15) is 0 Å². The zero-order chi connectivity index (χ0) is 20.0. The summed E-state index contributed by atoms with van der Waals surface area (Å²) in [7, 11) is 0. The SMILES string of the molecule is CCNC(=S)N(CCN(CC)CC)Cc1cc2cc(C)cc(C)c2[nH]c1=O. The zero-order valence-corrected chi connectivity index (χ0v) is 18.0. The molecule has 0 unspecified atom stereocenters. The van der Waals surface area contributed by atoms with Gasteiger partial charge in [-0.15, -0.1) is 0 Å². The lowest BCUT2D eigenvalue weighted by molar-refractivity contribution is 0.263. The average molecular weight is 389 g/mol. The van der Waals surface area contributed by atoms with Crippen LogP contribution in [0.5, 0.6) is 0 Å². The first-order valence-corrected chi connectivity index (χ1v) is 10.2. The molecule has 0 radical (unpaired) electrons. The van der Waals surface area contributed by atoms with Crippen LogP contribution in [0.15, 0.2) is 23.0 Å². The van der Waals surface area contributed by atoms with Crippen LogP contribution in [0.4, 0.5) is 0 Å². The van der Waals surface area contributed by atoms with E-state index in [1.54, 1.807) is 0 Å². The molecule has 5 nitrogen and oxygen atoms in total. The van der Waals surface area contributed by atoms with Gasteiger partial charge in [-0.05, 0) is 69.2 Å². The van der Waals surface area contributed by atoms with Crippen molar-refractivity contribution < 1.29 is 0 Å². The maximum atomic E-state index is 12.7. The van der Waals surface area contributed by atoms with Crippen LogP contribution < -0.4 is 10.9 Å². The van der Waals surface area contributed by atoms with Gasteiger partial charge >= 0.3 is 0 Å². The Morgan fingerprint density at radius 2 is 1.81 bits per heavy atom. The Morgan fingerprint density at radius 3 is 2.44 bits per heavy atom. The first-order chi connectivity index (χ1) is 12.9. The number of aromatic amines is 1. The molecule has 0 atom stereocenters. The number of aryl methyl sites for hydroxylation is 2. The van der Waals surface area contributed by atoms with E-state index in [2.05, 4.69) is 53.0 Å². The van der Waals surface area contributed by atoms with Gasteiger partial charge < -0.3 is 20.1 Å². The number of rotatable bonds is 8. The Balaban J connectivity index is 2.31. The van der Waals surface area contributed by atoms with Gasteiger partial charge in [0, 0.05) is 25.2 Å². The normalized spacial score (nSPS) is 11.2. The third-order valence-electron chi connectivity index (χ3n) is 4.93. The number of hydrogen-bond donors (Lipinski definition) is 2. The van der Waals surface area contributed by atoms with E-state index in [1.807, 2.05) is 19.9 Å². The molecule has 2 rings (SSSR count). The van der Waals surface area contributed by atoms with Crippen molar-refractivity contribution in [3.8, 4) is 0 Å². The average Bonchev–Trinajstić information content (AvgIpc) is 2.62. The lowest BCUT2D eigenvalue weighted by Gasteiger charge is -2.28. The van der Waals surface area contributed by atoms with E-state index in [1.165, 1.54) is 5.56 Å². The number of thiocarbonyl (C=S) groups is 1.